The van der Waals surface area contributed by atoms with Crippen LogP contribution in [-0.2, 0) is 5.41 Å². The second kappa shape index (κ2) is 10.0. The first-order valence-corrected chi connectivity index (χ1v) is 16.4. The van der Waals surface area contributed by atoms with Crippen LogP contribution >= 0.6 is 0 Å². The van der Waals surface area contributed by atoms with E-state index in [1.165, 1.54) is 60.7 Å². The summed E-state index contributed by atoms with van der Waals surface area (Å²) >= 11 is 0. The zero-order chi connectivity index (χ0) is 31.8. The number of para-hydroxylation sites is 2. The standard InChI is InChI=1S/C46H28N2/c47-29-31-15-5-13-25-42(31)48(32-16-2-1-3-17-32)43-28-41-44(37-22-8-7-21-36(37)43)38-27-26-30-14-4-6-18-33(30)45(38)46(41)39-23-11-9-19-34(39)35-20-10-12-24-40(35)46/h1-28H. The molecule has 2 nitrogen and oxygen atoms in total. The number of fused-ring (bicyclic) bond motifs is 14. The van der Waals surface area contributed by atoms with Crippen LogP contribution in [0.3, 0.4) is 0 Å². The lowest BCUT2D eigenvalue weighted by molar-refractivity contribution is 0.802. The Morgan fingerprint density at radius 2 is 1.06 bits per heavy atom. The number of nitriles is 1. The van der Waals surface area contributed by atoms with Gasteiger partial charge in [0.25, 0.3) is 0 Å². The van der Waals surface area contributed by atoms with Crippen LogP contribution in [0.25, 0.3) is 43.8 Å². The van der Waals surface area contributed by atoms with E-state index >= 15 is 0 Å². The molecule has 0 saturated heterocycles. The van der Waals surface area contributed by atoms with Gasteiger partial charge in [-0.05, 0) is 91.0 Å². The summed E-state index contributed by atoms with van der Waals surface area (Å²) in [7, 11) is 0. The van der Waals surface area contributed by atoms with Crippen molar-refractivity contribution in [3.8, 4) is 28.3 Å². The third kappa shape index (κ3) is 3.40. The molecule has 0 aromatic heterocycles. The van der Waals surface area contributed by atoms with Crippen molar-refractivity contribution in [1.82, 2.24) is 0 Å². The van der Waals surface area contributed by atoms with Gasteiger partial charge in [0.2, 0.25) is 0 Å². The minimum Gasteiger partial charge on any atom is -0.309 e. The summed E-state index contributed by atoms with van der Waals surface area (Å²) < 4.78 is 0. The first kappa shape index (κ1) is 26.8. The molecule has 48 heavy (non-hydrogen) atoms. The number of hydrogen-bond donors (Lipinski definition) is 0. The molecule has 0 aliphatic heterocycles. The number of rotatable bonds is 3. The van der Waals surface area contributed by atoms with Crippen LogP contribution in [-0.4, -0.2) is 0 Å². The maximum Gasteiger partial charge on any atom is 0.101 e. The SMILES string of the molecule is N#Cc1ccccc1N(c1ccccc1)c1cc2c(c3ccccc13)-c1ccc3ccccc3c1C21c2ccccc2-c2ccccc21. The van der Waals surface area contributed by atoms with Crippen LogP contribution in [0.4, 0.5) is 17.1 Å². The Kier molecular flexibility index (Phi) is 5.59. The van der Waals surface area contributed by atoms with Crippen molar-refractivity contribution in [2.45, 2.75) is 5.41 Å². The Morgan fingerprint density at radius 1 is 0.458 bits per heavy atom. The van der Waals surface area contributed by atoms with E-state index in [1.54, 1.807) is 0 Å². The van der Waals surface area contributed by atoms with Gasteiger partial charge >= 0.3 is 0 Å². The lowest BCUT2D eigenvalue weighted by Crippen LogP contribution is -2.26. The molecule has 0 saturated carbocycles. The fourth-order valence-corrected chi connectivity index (χ4v) is 8.69. The Morgan fingerprint density at radius 3 is 1.81 bits per heavy atom. The minimum atomic E-state index is -0.533. The predicted octanol–water partition coefficient (Wildman–Crippen LogP) is 11.7. The van der Waals surface area contributed by atoms with Gasteiger partial charge in [-0.2, -0.15) is 5.26 Å². The monoisotopic (exact) mass is 608 g/mol. The van der Waals surface area contributed by atoms with Crippen molar-refractivity contribution < 1.29 is 0 Å². The summed E-state index contributed by atoms with van der Waals surface area (Å²) in [6, 6.07) is 63.5. The highest BCUT2D eigenvalue weighted by Gasteiger charge is 2.53. The minimum absolute atomic E-state index is 0.533. The number of benzene rings is 8. The topological polar surface area (TPSA) is 27.0 Å². The smallest absolute Gasteiger partial charge is 0.101 e. The van der Waals surface area contributed by atoms with Crippen molar-refractivity contribution in [2.24, 2.45) is 0 Å². The zero-order valence-electron chi connectivity index (χ0n) is 26.1. The van der Waals surface area contributed by atoms with Gasteiger partial charge in [0.05, 0.1) is 22.4 Å². The molecule has 2 aliphatic carbocycles. The van der Waals surface area contributed by atoms with Crippen LogP contribution in [0, 0.1) is 11.3 Å². The van der Waals surface area contributed by atoms with E-state index in [9.17, 15) is 5.26 Å². The predicted molar refractivity (Wildman–Crippen MR) is 197 cm³/mol. The van der Waals surface area contributed by atoms with Gasteiger partial charge < -0.3 is 4.90 Å². The molecule has 0 atom stereocenters. The maximum absolute atomic E-state index is 10.4. The highest BCUT2D eigenvalue weighted by molar-refractivity contribution is 6.14. The fraction of sp³-hybridized carbons (Fsp3) is 0.0217. The van der Waals surface area contributed by atoms with Gasteiger partial charge in [0.1, 0.15) is 6.07 Å². The highest BCUT2D eigenvalue weighted by atomic mass is 15.1. The quantitative estimate of drug-likeness (QED) is 0.199. The molecule has 8 aromatic rings. The molecule has 0 amide bonds. The largest absolute Gasteiger partial charge is 0.309 e. The molecule has 222 valence electrons. The Hall–Kier alpha value is -6.43. The molecule has 2 aliphatic rings. The van der Waals surface area contributed by atoms with Crippen molar-refractivity contribution in [1.29, 1.82) is 5.26 Å². The third-order valence-corrected chi connectivity index (χ3v) is 10.5. The lowest BCUT2D eigenvalue weighted by atomic mass is 9.69. The van der Waals surface area contributed by atoms with E-state index in [0.29, 0.717) is 5.56 Å². The van der Waals surface area contributed by atoms with Gasteiger partial charge in [-0.1, -0.05) is 140 Å². The summed E-state index contributed by atoms with van der Waals surface area (Å²) in [5.74, 6) is 0. The summed E-state index contributed by atoms with van der Waals surface area (Å²) in [6.07, 6.45) is 0. The molecule has 0 heterocycles. The van der Waals surface area contributed by atoms with Crippen molar-refractivity contribution in [3.63, 3.8) is 0 Å². The molecule has 2 heteroatoms. The van der Waals surface area contributed by atoms with E-state index in [-0.39, 0.29) is 0 Å². The Bertz CT molecular complexity index is 2600. The molecule has 0 bridgehead atoms. The highest BCUT2D eigenvalue weighted by Crippen LogP contribution is 2.66. The Labute approximate surface area is 279 Å². The molecule has 8 aromatic carbocycles. The summed E-state index contributed by atoms with van der Waals surface area (Å²) in [5, 5.41) is 15.2. The molecular weight excluding hydrogens is 581 g/mol. The summed E-state index contributed by atoms with van der Waals surface area (Å²) in [5.41, 5.74) is 13.4. The van der Waals surface area contributed by atoms with Gasteiger partial charge in [-0.15, -0.1) is 0 Å². The lowest BCUT2D eigenvalue weighted by Gasteiger charge is -2.33. The molecule has 0 N–H and O–H groups in total. The zero-order valence-corrected chi connectivity index (χ0v) is 26.1. The van der Waals surface area contributed by atoms with Gasteiger partial charge in [0.15, 0.2) is 0 Å². The number of hydrogen-bond acceptors (Lipinski definition) is 2. The van der Waals surface area contributed by atoms with E-state index in [0.717, 1.165) is 22.4 Å². The average Bonchev–Trinajstić information content (AvgIpc) is 3.63. The normalized spacial score (nSPS) is 13.1. The van der Waals surface area contributed by atoms with Crippen LogP contribution in [0.1, 0.15) is 27.8 Å². The van der Waals surface area contributed by atoms with Gasteiger partial charge in [-0.3, -0.25) is 0 Å². The average molecular weight is 609 g/mol. The molecule has 10 rings (SSSR count). The maximum atomic E-state index is 10.4. The van der Waals surface area contributed by atoms with Crippen LogP contribution in [0.5, 0.6) is 0 Å². The van der Waals surface area contributed by atoms with Gasteiger partial charge in [0, 0.05) is 11.1 Å². The van der Waals surface area contributed by atoms with Crippen LogP contribution in [0.2, 0.25) is 0 Å². The van der Waals surface area contributed by atoms with Gasteiger partial charge in [-0.25, -0.2) is 0 Å². The molecule has 0 radical (unpaired) electrons. The third-order valence-electron chi connectivity index (χ3n) is 10.5. The number of anilines is 3. The van der Waals surface area contributed by atoms with Crippen molar-refractivity contribution >= 4 is 38.6 Å². The molecular formula is C46H28N2. The first-order chi connectivity index (χ1) is 23.8. The molecule has 1 spiro atoms. The molecule has 0 fully saturated rings. The summed E-state index contributed by atoms with van der Waals surface area (Å²) in [4.78, 5) is 2.28. The van der Waals surface area contributed by atoms with E-state index in [2.05, 4.69) is 157 Å². The van der Waals surface area contributed by atoms with E-state index in [4.69, 9.17) is 0 Å². The van der Waals surface area contributed by atoms with E-state index in [1.807, 2.05) is 24.3 Å². The fourth-order valence-electron chi connectivity index (χ4n) is 8.69. The summed E-state index contributed by atoms with van der Waals surface area (Å²) in [6.45, 7) is 0. The number of nitrogens with zero attached hydrogens (tertiary/aromatic N) is 2. The van der Waals surface area contributed by atoms with Crippen molar-refractivity contribution in [3.05, 3.63) is 198 Å². The Balaban J connectivity index is 1.43. The second-order valence-corrected chi connectivity index (χ2v) is 12.7. The molecule has 0 unspecified atom stereocenters. The second-order valence-electron chi connectivity index (χ2n) is 12.7. The first-order valence-electron chi connectivity index (χ1n) is 16.4. The van der Waals surface area contributed by atoms with Crippen molar-refractivity contribution in [2.75, 3.05) is 4.90 Å². The van der Waals surface area contributed by atoms with Crippen LogP contribution < -0.4 is 4.90 Å². The van der Waals surface area contributed by atoms with E-state index < -0.39 is 5.41 Å². The van der Waals surface area contributed by atoms with Crippen LogP contribution in [0.15, 0.2) is 170 Å².